The number of benzene rings is 3. The fraction of sp³-hybridized carbons (Fsp3) is 0.290. The van der Waals surface area contributed by atoms with Crippen LogP contribution in [-0.2, 0) is 9.59 Å². The van der Waals surface area contributed by atoms with Crippen molar-refractivity contribution in [2.75, 3.05) is 16.6 Å². The molecule has 3 aromatic carbocycles. The molecule has 5 rings (SSSR count). The van der Waals surface area contributed by atoms with E-state index in [4.69, 9.17) is 4.74 Å². The maximum atomic E-state index is 14.1. The van der Waals surface area contributed by atoms with E-state index in [1.165, 1.54) is 10.0 Å². The zero-order chi connectivity index (χ0) is 27.0. The van der Waals surface area contributed by atoms with Gasteiger partial charge in [-0.2, -0.15) is 10.2 Å². The van der Waals surface area contributed by atoms with Crippen molar-refractivity contribution in [2.45, 2.75) is 40.5 Å². The Bertz CT molecular complexity index is 1340. The third-order valence-electron chi connectivity index (χ3n) is 7.22. The Labute approximate surface area is 223 Å². The molecule has 0 aliphatic carbocycles. The second kappa shape index (κ2) is 10.2. The van der Waals surface area contributed by atoms with E-state index in [2.05, 4.69) is 10.2 Å². The van der Waals surface area contributed by atoms with Crippen LogP contribution in [0.1, 0.15) is 43.4 Å². The molecular weight excluding hydrogens is 476 g/mol. The number of nitrogens with zero attached hydrogens (tertiary/aromatic N) is 4. The summed E-state index contributed by atoms with van der Waals surface area (Å²) in [6.07, 6.45) is 0. The van der Waals surface area contributed by atoms with Gasteiger partial charge < -0.3 is 4.74 Å². The van der Waals surface area contributed by atoms with Crippen LogP contribution in [0.25, 0.3) is 0 Å². The maximum absolute atomic E-state index is 14.1. The predicted octanol–water partition coefficient (Wildman–Crippen LogP) is 5.86. The molecule has 0 saturated carbocycles. The number of carbonyl (C=O) groups excluding carboxylic acids is 2. The van der Waals surface area contributed by atoms with Crippen molar-refractivity contribution in [1.29, 1.82) is 0 Å². The summed E-state index contributed by atoms with van der Waals surface area (Å²) >= 11 is 0. The summed E-state index contributed by atoms with van der Waals surface area (Å²) in [5.41, 5.74) is 5.70. The fourth-order valence-corrected chi connectivity index (χ4v) is 5.32. The van der Waals surface area contributed by atoms with Gasteiger partial charge in [0.2, 0.25) is 0 Å². The largest absolute Gasteiger partial charge is 0.494 e. The van der Waals surface area contributed by atoms with E-state index in [0.29, 0.717) is 35.2 Å². The lowest BCUT2D eigenvalue weighted by atomic mass is 9.72. The normalized spacial score (nSPS) is 20.0. The summed E-state index contributed by atoms with van der Waals surface area (Å²) in [6.45, 7) is 10.1. The van der Waals surface area contributed by atoms with Crippen LogP contribution in [0, 0.1) is 25.7 Å². The molecule has 0 bridgehead atoms. The minimum atomic E-state index is -0.657. The molecule has 2 aliphatic heterocycles. The summed E-state index contributed by atoms with van der Waals surface area (Å²) in [7, 11) is 0. The first-order chi connectivity index (χ1) is 18.3. The maximum Gasteiger partial charge on any atom is 0.256 e. The number of carbonyl (C=O) groups is 2. The van der Waals surface area contributed by atoms with Crippen LogP contribution in [0.3, 0.4) is 0 Å². The van der Waals surface area contributed by atoms with Gasteiger partial charge in [-0.3, -0.25) is 9.59 Å². The van der Waals surface area contributed by atoms with E-state index in [-0.39, 0.29) is 11.8 Å². The van der Waals surface area contributed by atoms with Gasteiger partial charge in [0, 0.05) is 17.3 Å². The van der Waals surface area contributed by atoms with Gasteiger partial charge in [0.1, 0.15) is 5.75 Å². The van der Waals surface area contributed by atoms with E-state index >= 15 is 0 Å². The van der Waals surface area contributed by atoms with E-state index in [0.717, 1.165) is 16.7 Å². The first-order valence-corrected chi connectivity index (χ1v) is 12.9. The van der Waals surface area contributed by atoms with E-state index < -0.39 is 17.8 Å². The first kappa shape index (κ1) is 25.4. The van der Waals surface area contributed by atoms with Crippen molar-refractivity contribution in [3.8, 4) is 5.75 Å². The fourth-order valence-electron chi connectivity index (χ4n) is 5.32. The number of anilines is 2. The highest BCUT2D eigenvalue weighted by Crippen LogP contribution is 2.45. The molecule has 7 heteroatoms. The van der Waals surface area contributed by atoms with Crippen LogP contribution < -0.4 is 14.8 Å². The zero-order valence-corrected chi connectivity index (χ0v) is 22.4. The van der Waals surface area contributed by atoms with Gasteiger partial charge >= 0.3 is 0 Å². The van der Waals surface area contributed by atoms with Crippen LogP contribution in [0.5, 0.6) is 5.75 Å². The highest BCUT2D eigenvalue weighted by atomic mass is 16.5. The Morgan fingerprint density at radius 2 is 1.16 bits per heavy atom. The first-order valence-electron chi connectivity index (χ1n) is 12.9. The third kappa shape index (κ3) is 4.49. The topological polar surface area (TPSA) is 74.6 Å². The highest BCUT2D eigenvalue weighted by Gasteiger charge is 2.50. The molecule has 0 aromatic heterocycles. The van der Waals surface area contributed by atoms with Crippen molar-refractivity contribution in [2.24, 2.45) is 22.0 Å². The number of para-hydroxylation sites is 1. The van der Waals surface area contributed by atoms with Gasteiger partial charge in [-0.1, -0.05) is 53.6 Å². The van der Waals surface area contributed by atoms with Crippen LogP contribution in [0.4, 0.5) is 11.4 Å². The molecule has 194 valence electrons. The molecule has 38 heavy (non-hydrogen) atoms. The average molecular weight is 509 g/mol. The lowest BCUT2D eigenvalue weighted by Gasteiger charge is -2.30. The lowest BCUT2D eigenvalue weighted by Crippen LogP contribution is -2.40. The summed E-state index contributed by atoms with van der Waals surface area (Å²) in [5, 5.41) is 12.3. The average Bonchev–Trinajstić information content (AvgIpc) is 3.36. The van der Waals surface area contributed by atoms with E-state index in [1.54, 1.807) is 0 Å². The molecule has 7 nitrogen and oxygen atoms in total. The van der Waals surface area contributed by atoms with Gasteiger partial charge in [-0.15, -0.1) is 0 Å². The molecule has 2 atom stereocenters. The lowest BCUT2D eigenvalue weighted by molar-refractivity contribution is -0.122. The molecular formula is C31H32N4O3. The third-order valence-corrected chi connectivity index (χ3v) is 7.22. The van der Waals surface area contributed by atoms with Crippen LogP contribution in [0.15, 0.2) is 83.0 Å². The van der Waals surface area contributed by atoms with Crippen molar-refractivity contribution in [3.05, 3.63) is 89.5 Å². The number of hydrogen-bond acceptors (Lipinski definition) is 5. The van der Waals surface area contributed by atoms with Gasteiger partial charge in [-0.05, 0) is 70.5 Å². The molecule has 0 radical (unpaired) electrons. The Morgan fingerprint density at radius 3 is 1.61 bits per heavy atom. The van der Waals surface area contributed by atoms with Crippen LogP contribution >= 0.6 is 0 Å². The Morgan fingerprint density at radius 1 is 0.711 bits per heavy atom. The summed E-state index contributed by atoms with van der Waals surface area (Å²) < 4.78 is 6.00. The SMILES string of the molecule is CCOc1ccccc1C(C1C(=O)N(c2ccc(C)cc2)N=C1C)C1C(=O)N(c2ccc(C)cc2)N=C1C. The molecule has 2 heterocycles. The molecule has 0 N–H and O–H groups in total. The number of aryl methyl sites for hydroxylation is 2. The second-order valence-corrected chi connectivity index (χ2v) is 9.91. The summed E-state index contributed by atoms with van der Waals surface area (Å²) in [4.78, 5) is 28.1. The summed E-state index contributed by atoms with van der Waals surface area (Å²) in [6, 6.07) is 23.0. The Balaban J connectivity index is 1.60. The Hall–Kier alpha value is -4.26. The summed E-state index contributed by atoms with van der Waals surface area (Å²) in [5.74, 6) is -1.54. The van der Waals surface area contributed by atoms with E-state index in [1.807, 2.05) is 107 Å². The smallest absolute Gasteiger partial charge is 0.256 e. The van der Waals surface area contributed by atoms with Gasteiger partial charge in [0.15, 0.2) is 0 Å². The van der Waals surface area contributed by atoms with Gasteiger partial charge in [-0.25, -0.2) is 10.0 Å². The van der Waals surface area contributed by atoms with Gasteiger partial charge in [0.25, 0.3) is 11.8 Å². The van der Waals surface area contributed by atoms with Crippen LogP contribution in [-0.4, -0.2) is 29.8 Å². The van der Waals surface area contributed by atoms with Crippen LogP contribution in [0.2, 0.25) is 0 Å². The number of ether oxygens (including phenoxy) is 1. The standard InChI is InChI=1S/C31H32N4O3/c1-6-38-26-10-8-7-9-25(26)29(27-21(4)32-34(30(27)36)23-15-11-19(2)12-16-23)28-22(5)33-35(31(28)37)24-17-13-20(3)14-18-24/h7-18,27-29H,6H2,1-5H3. The molecule has 0 spiro atoms. The predicted molar refractivity (Wildman–Crippen MR) is 151 cm³/mol. The zero-order valence-electron chi connectivity index (χ0n) is 22.4. The second-order valence-electron chi connectivity index (χ2n) is 9.91. The number of rotatable bonds is 7. The number of hydrazone groups is 2. The molecule has 2 amide bonds. The highest BCUT2D eigenvalue weighted by molar-refractivity contribution is 6.19. The quantitative estimate of drug-likeness (QED) is 0.401. The molecule has 2 aliphatic rings. The number of hydrogen-bond donors (Lipinski definition) is 0. The minimum Gasteiger partial charge on any atom is -0.494 e. The van der Waals surface area contributed by atoms with E-state index in [9.17, 15) is 9.59 Å². The van der Waals surface area contributed by atoms with Crippen molar-refractivity contribution < 1.29 is 14.3 Å². The monoisotopic (exact) mass is 508 g/mol. The minimum absolute atomic E-state index is 0.169. The molecule has 2 unspecified atom stereocenters. The van der Waals surface area contributed by atoms with Crippen molar-refractivity contribution in [1.82, 2.24) is 0 Å². The molecule has 0 fully saturated rings. The van der Waals surface area contributed by atoms with Crippen molar-refractivity contribution >= 4 is 34.6 Å². The molecule has 3 aromatic rings. The van der Waals surface area contributed by atoms with Crippen molar-refractivity contribution in [3.63, 3.8) is 0 Å². The number of amides is 2. The van der Waals surface area contributed by atoms with Gasteiger partial charge in [0.05, 0.1) is 29.8 Å². The molecule has 0 saturated heterocycles. The Kier molecular flexibility index (Phi) is 6.85.